The van der Waals surface area contributed by atoms with E-state index in [1.165, 1.54) is 44.2 Å². The first-order valence-corrected chi connectivity index (χ1v) is 6.93. The molecule has 0 spiro atoms. The Hall–Kier alpha value is -0.820. The van der Waals surface area contributed by atoms with Gasteiger partial charge in [-0.05, 0) is 56.0 Å². The van der Waals surface area contributed by atoms with Crippen LogP contribution < -0.4 is 5.32 Å². The summed E-state index contributed by atoms with van der Waals surface area (Å²) in [5.74, 6) is 0.978. The van der Waals surface area contributed by atoms with Crippen molar-refractivity contribution in [3.63, 3.8) is 0 Å². The summed E-state index contributed by atoms with van der Waals surface area (Å²) in [5, 5.41) is 3.38. The van der Waals surface area contributed by atoms with Gasteiger partial charge in [0, 0.05) is 6.54 Å². The summed E-state index contributed by atoms with van der Waals surface area (Å²) in [6.45, 7) is 3.64. The monoisotopic (exact) mass is 231 g/mol. The van der Waals surface area contributed by atoms with Gasteiger partial charge in [0.2, 0.25) is 0 Å². The van der Waals surface area contributed by atoms with Crippen molar-refractivity contribution in [3.05, 3.63) is 35.9 Å². The first-order valence-electron chi connectivity index (χ1n) is 6.93. The maximum absolute atomic E-state index is 3.38. The van der Waals surface area contributed by atoms with Crippen LogP contribution in [-0.2, 0) is 6.42 Å². The molecule has 1 nitrogen and oxygen atoms in total. The van der Waals surface area contributed by atoms with Gasteiger partial charge in [-0.15, -0.1) is 0 Å². The molecule has 0 radical (unpaired) electrons. The molecule has 1 heteroatoms. The van der Waals surface area contributed by atoms with Crippen molar-refractivity contribution < 1.29 is 0 Å². The van der Waals surface area contributed by atoms with Crippen LogP contribution in [0.4, 0.5) is 0 Å². The molecule has 1 unspecified atom stereocenters. The maximum atomic E-state index is 3.38. The fourth-order valence-corrected chi connectivity index (χ4v) is 2.96. The molecule has 1 aromatic carbocycles. The number of nitrogens with one attached hydrogen (secondary N) is 1. The van der Waals surface area contributed by atoms with E-state index in [1.807, 2.05) is 0 Å². The molecule has 1 aliphatic carbocycles. The summed E-state index contributed by atoms with van der Waals surface area (Å²) in [6, 6.07) is 10.9. The summed E-state index contributed by atoms with van der Waals surface area (Å²) in [4.78, 5) is 0. The standard InChI is InChI=1S/C16H25N/c1-16(13-17-2,15-10-11-15)12-6-9-14-7-4-3-5-8-14/h3-5,7-8,15,17H,6,9-13H2,1-2H3. The number of aryl methyl sites for hydroxylation is 1. The highest BCUT2D eigenvalue weighted by Gasteiger charge is 2.40. The molecular formula is C16H25N. The molecule has 1 fully saturated rings. The Balaban J connectivity index is 1.80. The van der Waals surface area contributed by atoms with E-state index in [2.05, 4.69) is 49.6 Å². The van der Waals surface area contributed by atoms with Crippen LogP contribution in [0.3, 0.4) is 0 Å². The first-order chi connectivity index (χ1) is 8.24. The fraction of sp³-hybridized carbons (Fsp3) is 0.625. The largest absolute Gasteiger partial charge is 0.319 e. The van der Waals surface area contributed by atoms with Crippen LogP contribution in [-0.4, -0.2) is 13.6 Å². The molecule has 0 saturated heterocycles. The average molecular weight is 231 g/mol. The molecule has 1 aromatic rings. The van der Waals surface area contributed by atoms with Gasteiger partial charge in [-0.2, -0.15) is 0 Å². The average Bonchev–Trinajstić information content (AvgIpc) is 3.15. The number of hydrogen-bond acceptors (Lipinski definition) is 1. The zero-order valence-electron chi connectivity index (χ0n) is 11.2. The van der Waals surface area contributed by atoms with E-state index in [4.69, 9.17) is 0 Å². The van der Waals surface area contributed by atoms with Gasteiger partial charge in [0.1, 0.15) is 0 Å². The molecule has 0 amide bonds. The Kier molecular flexibility index (Phi) is 4.22. The van der Waals surface area contributed by atoms with Crippen molar-refractivity contribution >= 4 is 0 Å². The number of rotatable bonds is 7. The second kappa shape index (κ2) is 5.68. The van der Waals surface area contributed by atoms with Crippen molar-refractivity contribution in [2.45, 2.75) is 39.0 Å². The Bertz CT molecular complexity index is 329. The van der Waals surface area contributed by atoms with E-state index < -0.39 is 0 Å². The van der Waals surface area contributed by atoms with Crippen LogP contribution >= 0.6 is 0 Å². The van der Waals surface area contributed by atoms with Gasteiger partial charge in [0.15, 0.2) is 0 Å². The highest BCUT2D eigenvalue weighted by Crippen LogP contribution is 2.47. The Morgan fingerprint density at radius 2 is 1.94 bits per heavy atom. The van der Waals surface area contributed by atoms with Crippen LogP contribution in [0.1, 0.15) is 38.2 Å². The SMILES string of the molecule is CNCC(C)(CCCc1ccccc1)C1CC1. The minimum atomic E-state index is 0.531. The number of benzene rings is 1. The van der Waals surface area contributed by atoms with Crippen molar-refractivity contribution in [3.8, 4) is 0 Å². The lowest BCUT2D eigenvalue weighted by atomic mass is 9.79. The van der Waals surface area contributed by atoms with Gasteiger partial charge in [-0.1, -0.05) is 37.3 Å². The zero-order chi connectivity index (χ0) is 12.1. The third-order valence-corrected chi connectivity index (χ3v) is 4.20. The first kappa shape index (κ1) is 12.6. The van der Waals surface area contributed by atoms with E-state index in [-0.39, 0.29) is 0 Å². The van der Waals surface area contributed by atoms with Crippen LogP contribution in [0.2, 0.25) is 0 Å². The Morgan fingerprint density at radius 3 is 2.53 bits per heavy atom. The van der Waals surface area contributed by atoms with Gasteiger partial charge < -0.3 is 5.32 Å². The topological polar surface area (TPSA) is 12.0 Å². The van der Waals surface area contributed by atoms with E-state index in [1.54, 1.807) is 0 Å². The molecular weight excluding hydrogens is 206 g/mol. The predicted molar refractivity (Wildman–Crippen MR) is 74.1 cm³/mol. The molecule has 1 N–H and O–H groups in total. The smallest absolute Gasteiger partial charge is 0.000481 e. The lowest BCUT2D eigenvalue weighted by Crippen LogP contribution is -2.31. The zero-order valence-corrected chi connectivity index (χ0v) is 11.2. The van der Waals surface area contributed by atoms with E-state index in [0.29, 0.717) is 5.41 Å². The van der Waals surface area contributed by atoms with Gasteiger partial charge in [0.25, 0.3) is 0 Å². The summed E-state index contributed by atoms with van der Waals surface area (Å²) < 4.78 is 0. The second-order valence-electron chi connectivity index (χ2n) is 5.80. The molecule has 0 heterocycles. The lowest BCUT2D eigenvalue weighted by molar-refractivity contribution is 0.237. The van der Waals surface area contributed by atoms with E-state index in [0.717, 1.165) is 5.92 Å². The summed E-state index contributed by atoms with van der Waals surface area (Å²) >= 11 is 0. The lowest BCUT2D eigenvalue weighted by Gasteiger charge is -2.29. The number of hydrogen-bond donors (Lipinski definition) is 1. The van der Waals surface area contributed by atoms with Crippen molar-refractivity contribution in [1.82, 2.24) is 5.32 Å². The predicted octanol–water partition coefficient (Wildman–Crippen LogP) is 3.65. The third-order valence-electron chi connectivity index (χ3n) is 4.20. The van der Waals surface area contributed by atoms with Crippen LogP contribution in [0.15, 0.2) is 30.3 Å². The quantitative estimate of drug-likeness (QED) is 0.755. The van der Waals surface area contributed by atoms with Gasteiger partial charge >= 0.3 is 0 Å². The molecule has 94 valence electrons. The minimum Gasteiger partial charge on any atom is -0.319 e. The van der Waals surface area contributed by atoms with Gasteiger partial charge in [0.05, 0.1) is 0 Å². The van der Waals surface area contributed by atoms with Gasteiger partial charge in [-0.25, -0.2) is 0 Å². The summed E-state index contributed by atoms with van der Waals surface area (Å²) in [5.41, 5.74) is 2.01. The summed E-state index contributed by atoms with van der Waals surface area (Å²) in [6.07, 6.45) is 6.80. The van der Waals surface area contributed by atoms with Crippen molar-refractivity contribution in [2.24, 2.45) is 11.3 Å². The maximum Gasteiger partial charge on any atom is 0.000481 e. The second-order valence-corrected chi connectivity index (χ2v) is 5.80. The van der Waals surface area contributed by atoms with Gasteiger partial charge in [-0.3, -0.25) is 0 Å². The van der Waals surface area contributed by atoms with Crippen molar-refractivity contribution in [2.75, 3.05) is 13.6 Å². The summed E-state index contributed by atoms with van der Waals surface area (Å²) in [7, 11) is 2.08. The van der Waals surface area contributed by atoms with E-state index >= 15 is 0 Å². The minimum absolute atomic E-state index is 0.531. The molecule has 17 heavy (non-hydrogen) atoms. The van der Waals surface area contributed by atoms with Crippen LogP contribution in [0.25, 0.3) is 0 Å². The van der Waals surface area contributed by atoms with Crippen LogP contribution in [0, 0.1) is 11.3 Å². The third kappa shape index (κ3) is 3.57. The molecule has 1 aliphatic rings. The molecule has 0 aromatic heterocycles. The molecule has 1 atom stereocenters. The molecule has 0 bridgehead atoms. The fourth-order valence-electron chi connectivity index (χ4n) is 2.96. The normalized spacial score (nSPS) is 18.9. The highest BCUT2D eigenvalue weighted by atomic mass is 14.8. The van der Waals surface area contributed by atoms with E-state index in [9.17, 15) is 0 Å². The highest BCUT2D eigenvalue weighted by molar-refractivity contribution is 5.14. The molecule has 2 rings (SSSR count). The molecule has 0 aliphatic heterocycles. The van der Waals surface area contributed by atoms with Crippen molar-refractivity contribution in [1.29, 1.82) is 0 Å². The Labute approximate surface area is 106 Å². The Morgan fingerprint density at radius 1 is 1.24 bits per heavy atom. The molecule has 1 saturated carbocycles. The van der Waals surface area contributed by atoms with Crippen LogP contribution in [0.5, 0.6) is 0 Å².